The number of ether oxygens (including phenoxy) is 2. The highest BCUT2D eigenvalue weighted by Crippen LogP contribution is 2.38. The quantitative estimate of drug-likeness (QED) is 0.920. The molecular formula is C15H17F3N2O3. The fourth-order valence-corrected chi connectivity index (χ4v) is 2.95. The largest absolute Gasteiger partial charge is 0.454 e. The average molecular weight is 330 g/mol. The molecule has 0 radical (unpaired) electrons. The van der Waals surface area contributed by atoms with Crippen molar-refractivity contribution in [1.29, 1.82) is 0 Å². The topological polar surface area (TPSA) is 50.8 Å². The van der Waals surface area contributed by atoms with Crippen LogP contribution in [0.5, 0.6) is 11.5 Å². The van der Waals surface area contributed by atoms with Gasteiger partial charge in [-0.1, -0.05) is 6.07 Å². The highest BCUT2D eigenvalue weighted by molar-refractivity contribution is 5.78. The number of amides is 1. The molecule has 8 heteroatoms. The standard InChI is InChI=1S/C15H17F3N2O3/c16-15(17,18)8-19-14(21)7-20-5-1-2-11(20)10-3-4-12-13(6-10)23-9-22-12/h3-4,6,11H,1-2,5,7-9H2,(H,19,21)/t11-/m1/s1. The monoisotopic (exact) mass is 330 g/mol. The molecule has 0 saturated carbocycles. The summed E-state index contributed by atoms with van der Waals surface area (Å²) in [6.07, 6.45) is -2.64. The molecule has 2 heterocycles. The van der Waals surface area contributed by atoms with Crippen LogP contribution in [0.2, 0.25) is 0 Å². The summed E-state index contributed by atoms with van der Waals surface area (Å²) in [4.78, 5) is 13.6. The number of rotatable bonds is 4. The molecule has 1 aromatic rings. The lowest BCUT2D eigenvalue weighted by Gasteiger charge is -2.24. The Morgan fingerprint density at radius 1 is 1.30 bits per heavy atom. The van der Waals surface area contributed by atoms with Gasteiger partial charge in [0.25, 0.3) is 0 Å². The summed E-state index contributed by atoms with van der Waals surface area (Å²) in [5.41, 5.74) is 0.982. The molecule has 2 aliphatic rings. The smallest absolute Gasteiger partial charge is 0.405 e. The zero-order valence-electron chi connectivity index (χ0n) is 12.4. The molecule has 3 rings (SSSR count). The Hall–Kier alpha value is -1.96. The van der Waals surface area contributed by atoms with E-state index < -0.39 is 18.6 Å². The molecule has 1 fully saturated rings. The van der Waals surface area contributed by atoms with E-state index in [0.29, 0.717) is 18.0 Å². The molecule has 23 heavy (non-hydrogen) atoms. The second-order valence-corrected chi connectivity index (χ2v) is 5.63. The molecule has 0 aliphatic carbocycles. The van der Waals surface area contributed by atoms with E-state index in [9.17, 15) is 18.0 Å². The van der Waals surface area contributed by atoms with Crippen molar-refractivity contribution in [3.63, 3.8) is 0 Å². The molecule has 5 nitrogen and oxygen atoms in total. The number of nitrogens with one attached hydrogen (secondary N) is 1. The van der Waals surface area contributed by atoms with E-state index in [0.717, 1.165) is 18.4 Å². The number of likely N-dealkylation sites (tertiary alicyclic amines) is 1. The van der Waals surface area contributed by atoms with Crippen molar-refractivity contribution in [3.8, 4) is 11.5 Å². The maximum absolute atomic E-state index is 12.1. The van der Waals surface area contributed by atoms with Gasteiger partial charge in [-0.2, -0.15) is 13.2 Å². The van der Waals surface area contributed by atoms with Crippen LogP contribution in [0.1, 0.15) is 24.4 Å². The Labute approximate surface area is 131 Å². The van der Waals surface area contributed by atoms with Crippen molar-refractivity contribution in [2.75, 3.05) is 26.4 Å². The van der Waals surface area contributed by atoms with Crippen LogP contribution >= 0.6 is 0 Å². The fourth-order valence-electron chi connectivity index (χ4n) is 2.95. The third-order valence-electron chi connectivity index (χ3n) is 3.98. The Bertz CT molecular complexity index is 592. The molecule has 0 bridgehead atoms. The van der Waals surface area contributed by atoms with Crippen LogP contribution in [0, 0.1) is 0 Å². The minimum absolute atomic E-state index is 0.00105. The number of carbonyl (C=O) groups excluding carboxylic acids is 1. The van der Waals surface area contributed by atoms with Crippen LogP contribution in [0.15, 0.2) is 18.2 Å². The first-order valence-corrected chi connectivity index (χ1v) is 7.39. The third-order valence-corrected chi connectivity index (χ3v) is 3.98. The zero-order chi connectivity index (χ0) is 16.4. The summed E-state index contributed by atoms with van der Waals surface area (Å²) in [5, 5.41) is 1.91. The van der Waals surface area contributed by atoms with E-state index in [1.807, 2.05) is 28.4 Å². The number of alkyl halides is 3. The molecule has 1 atom stereocenters. The van der Waals surface area contributed by atoms with Gasteiger partial charge in [0.1, 0.15) is 6.54 Å². The first kappa shape index (κ1) is 15.9. The lowest BCUT2D eigenvalue weighted by molar-refractivity contribution is -0.139. The molecule has 0 spiro atoms. The number of halogens is 3. The zero-order valence-corrected chi connectivity index (χ0v) is 12.4. The van der Waals surface area contributed by atoms with Gasteiger partial charge in [0.15, 0.2) is 11.5 Å². The van der Waals surface area contributed by atoms with Gasteiger partial charge < -0.3 is 14.8 Å². The predicted octanol–water partition coefficient (Wildman–Crippen LogP) is 2.23. The van der Waals surface area contributed by atoms with Crippen LogP contribution < -0.4 is 14.8 Å². The molecule has 1 N–H and O–H groups in total. The first-order chi connectivity index (χ1) is 10.9. The van der Waals surface area contributed by atoms with E-state index in [1.54, 1.807) is 0 Å². The van der Waals surface area contributed by atoms with Gasteiger partial charge >= 0.3 is 6.18 Å². The molecule has 1 saturated heterocycles. The second kappa shape index (κ2) is 6.27. The average Bonchev–Trinajstić information content (AvgIpc) is 3.12. The maximum Gasteiger partial charge on any atom is 0.405 e. The van der Waals surface area contributed by atoms with Crippen molar-refractivity contribution < 1.29 is 27.4 Å². The number of hydrogen-bond acceptors (Lipinski definition) is 4. The molecule has 1 aromatic carbocycles. The van der Waals surface area contributed by atoms with Crippen LogP contribution in [0.3, 0.4) is 0 Å². The Morgan fingerprint density at radius 3 is 2.87 bits per heavy atom. The van der Waals surface area contributed by atoms with Gasteiger partial charge in [-0.05, 0) is 37.1 Å². The minimum Gasteiger partial charge on any atom is -0.454 e. The molecular weight excluding hydrogens is 313 g/mol. The summed E-state index contributed by atoms with van der Waals surface area (Å²) in [6, 6.07) is 5.60. The van der Waals surface area contributed by atoms with Crippen molar-refractivity contribution in [2.45, 2.75) is 25.1 Å². The highest BCUT2D eigenvalue weighted by atomic mass is 19.4. The number of carbonyl (C=O) groups is 1. The van der Waals surface area contributed by atoms with E-state index >= 15 is 0 Å². The second-order valence-electron chi connectivity index (χ2n) is 5.63. The fraction of sp³-hybridized carbons (Fsp3) is 0.533. The summed E-state index contributed by atoms with van der Waals surface area (Å²) in [6.45, 7) is -0.477. The lowest BCUT2D eigenvalue weighted by Crippen LogP contribution is -2.40. The van der Waals surface area contributed by atoms with E-state index in [2.05, 4.69) is 0 Å². The molecule has 2 aliphatic heterocycles. The molecule has 126 valence electrons. The molecule has 0 unspecified atom stereocenters. The summed E-state index contributed by atoms with van der Waals surface area (Å²) < 4.78 is 47.0. The van der Waals surface area contributed by atoms with Crippen molar-refractivity contribution in [1.82, 2.24) is 10.2 Å². The molecule has 0 aromatic heterocycles. The summed E-state index contributed by atoms with van der Waals surface area (Å²) in [5.74, 6) is 0.729. The normalized spacial score (nSPS) is 20.7. The van der Waals surface area contributed by atoms with Crippen molar-refractivity contribution in [3.05, 3.63) is 23.8 Å². The number of benzene rings is 1. The van der Waals surface area contributed by atoms with Gasteiger partial charge in [-0.3, -0.25) is 9.69 Å². The van der Waals surface area contributed by atoms with E-state index in [-0.39, 0.29) is 19.4 Å². The van der Waals surface area contributed by atoms with Crippen molar-refractivity contribution >= 4 is 5.91 Å². The summed E-state index contributed by atoms with van der Waals surface area (Å²) in [7, 11) is 0. The number of hydrogen-bond donors (Lipinski definition) is 1. The Kier molecular flexibility index (Phi) is 4.34. The lowest BCUT2D eigenvalue weighted by atomic mass is 10.0. The third kappa shape index (κ3) is 3.87. The molecule has 1 amide bonds. The van der Waals surface area contributed by atoms with Crippen molar-refractivity contribution in [2.24, 2.45) is 0 Å². The highest BCUT2D eigenvalue weighted by Gasteiger charge is 2.31. The maximum atomic E-state index is 12.1. The van der Waals surface area contributed by atoms with Gasteiger partial charge in [0.05, 0.1) is 6.54 Å². The van der Waals surface area contributed by atoms with Gasteiger partial charge in [-0.25, -0.2) is 0 Å². The minimum atomic E-state index is -4.39. The number of fused-ring (bicyclic) bond motifs is 1. The SMILES string of the molecule is O=C(CN1CCC[C@@H]1c1ccc2c(c1)OCO2)NCC(F)(F)F. The van der Waals surface area contributed by atoms with Gasteiger partial charge in [0.2, 0.25) is 12.7 Å². The van der Waals surface area contributed by atoms with E-state index in [1.165, 1.54) is 0 Å². The predicted molar refractivity (Wildman–Crippen MR) is 75.2 cm³/mol. The van der Waals surface area contributed by atoms with Gasteiger partial charge in [0, 0.05) is 6.04 Å². The Morgan fingerprint density at radius 2 is 2.09 bits per heavy atom. The van der Waals surface area contributed by atoms with E-state index in [4.69, 9.17) is 9.47 Å². The number of nitrogens with zero attached hydrogens (tertiary/aromatic N) is 1. The van der Waals surface area contributed by atoms with Crippen LogP contribution in [0.4, 0.5) is 13.2 Å². The summed E-state index contributed by atoms with van der Waals surface area (Å²) >= 11 is 0. The first-order valence-electron chi connectivity index (χ1n) is 7.39. The van der Waals surface area contributed by atoms with Crippen LogP contribution in [0.25, 0.3) is 0 Å². The Balaban J connectivity index is 1.63. The van der Waals surface area contributed by atoms with Gasteiger partial charge in [-0.15, -0.1) is 0 Å². The van der Waals surface area contributed by atoms with Crippen LogP contribution in [-0.4, -0.2) is 43.4 Å². The van der Waals surface area contributed by atoms with Crippen LogP contribution in [-0.2, 0) is 4.79 Å².